The molecule has 0 saturated heterocycles. The quantitative estimate of drug-likeness (QED) is 0.444. The Labute approximate surface area is 55.3 Å². The summed E-state index contributed by atoms with van der Waals surface area (Å²) in [6.07, 6.45) is 0. The van der Waals surface area contributed by atoms with Gasteiger partial charge in [-0.15, -0.1) is 0 Å². The second-order valence-corrected chi connectivity index (χ2v) is 2.29. The lowest BCUT2D eigenvalue weighted by Gasteiger charge is -2.33. The maximum absolute atomic E-state index is 10.3. The summed E-state index contributed by atoms with van der Waals surface area (Å²) < 4.78 is 0. The monoisotopic (exact) mass is 133 g/mol. The minimum Gasteiger partial charge on any atom is -0.762 e. The van der Waals surface area contributed by atoms with E-state index in [1.165, 1.54) is 7.05 Å². The van der Waals surface area contributed by atoms with E-state index in [2.05, 4.69) is 5.32 Å². The molecule has 0 amide bonds. The van der Waals surface area contributed by atoms with Crippen LogP contribution in [0.25, 0.3) is 0 Å². The lowest BCUT2D eigenvalue weighted by Crippen LogP contribution is -2.42. The van der Waals surface area contributed by atoms with Crippen LogP contribution in [0.1, 0.15) is 13.8 Å². The first kappa shape index (κ1) is 8.84. The summed E-state index contributed by atoms with van der Waals surface area (Å²) in [6, 6.07) is 0. The Bertz CT molecular complexity index is 83.0. The maximum Gasteiger partial charge on any atom is 0.133 e. The normalized spacial score (nSPS) is 12.7. The molecule has 0 radical (unpaired) electrons. The molecule has 9 heavy (non-hydrogen) atoms. The number of nitrogens with one attached hydrogen (secondary N) is 1. The van der Waals surface area contributed by atoms with Gasteiger partial charge in [0.2, 0.25) is 0 Å². The zero-order valence-electron chi connectivity index (χ0n) is 6.26. The average molecular weight is 133 g/mol. The van der Waals surface area contributed by atoms with Crippen LogP contribution in [0.3, 0.4) is 0 Å². The minimum atomic E-state index is -0.573. The van der Waals surface area contributed by atoms with E-state index < -0.39 is 5.72 Å². The third-order valence-corrected chi connectivity index (χ3v) is 0.959. The van der Waals surface area contributed by atoms with Crippen LogP contribution in [0, 0.1) is 5.21 Å². The number of hydrogen-bond donors (Lipinski definition) is 1. The zero-order chi connectivity index (χ0) is 7.49. The standard InChI is InChI=1S/C5H13N2O2/c1-5(2,6-3)9-7(4)8/h6H,1-4H3/q-1. The van der Waals surface area contributed by atoms with Gasteiger partial charge in [-0.05, 0) is 27.9 Å². The van der Waals surface area contributed by atoms with Crippen LogP contribution in [-0.4, -0.2) is 25.0 Å². The van der Waals surface area contributed by atoms with Crippen molar-refractivity contribution in [3.05, 3.63) is 5.21 Å². The highest BCUT2D eigenvalue weighted by atomic mass is 16.9. The molecule has 0 atom stereocenters. The Morgan fingerprint density at radius 1 is 1.56 bits per heavy atom. The van der Waals surface area contributed by atoms with E-state index in [9.17, 15) is 5.21 Å². The van der Waals surface area contributed by atoms with Crippen molar-refractivity contribution in [3.8, 4) is 0 Å². The molecule has 0 fully saturated rings. The average Bonchev–Trinajstić information content (AvgIpc) is 1.63. The fourth-order valence-electron chi connectivity index (χ4n) is 0.367. The first-order valence-corrected chi connectivity index (χ1v) is 2.77. The molecule has 0 saturated carbocycles. The highest BCUT2D eigenvalue weighted by Crippen LogP contribution is 2.03. The van der Waals surface area contributed by atoms with Crippen LogP contribution in [0.5, 0.6) is 0 Å². The molecule has 0 unspecified atom stereocenters. The van der Waals surface area contributed by atoms with Gasteiger partial charge in [-0.1, -0.05) is 0 Å². The van der Waals surface area contributed by atoms with Crippen molar-refractivity contribution in [1.82, 2.24) is 10.5 Å². The SMILES string of the molecule is CNC(C)(C)ON(C)[O-]. The van der Waals surface area contributed by atoms with Gasteiger partial charge in [0, 0.05) is 0 Å². The molecule has 0 bridgehead atoms. The fourth-order valence-corrected chi connectivity index (χ4v) is 0.367. The van der Waals surface area contributed by atoms with Crippen LogP contribution in [0.15, 0.2) is 0 Å². The van der Waals surface area contributed by atoms with Gasteiger partial charge in [0.15, 0.2) is 0 Å². The largest absolute Gasteiger partial charge is 0.762 e. The van der Waals surface area contributed by atoms with E-state index >= 15 is 0 Å². The van der Waals surface area contributed by atoms with Gasteiger partial charge < -0.3 is 5.21 Å². The van der Waals surface area contributed by atoms with Crippen LogP contribution in [0.4, 0.5) is 0 Å². The molecule has 1 N–H and O–H groups in total. The number of nitrogens with zero attached hydrogens (tertiary/aromatic N) is 1. The summed E-state index contributed by atoms with van der Waals surface area (Å²) in [7, 11) is 3.03. The Balaban J connectivity index is 3.58. The van der Waals surface area contributed by atoms with E-state index in [1.54, 1.807) is 20.9 Å². The molecule has 0 aliphatic carbocycles. The Morgan fingerprint density at radius 2 is 2.00 bits per heavy atom. The van der Waals surface area contributed by atoms with Gasteiger partial charge in [-0.3, -0.25) is 15.4 Å². The lowest BCUT2D eigenvalue weighted by molar-refractivity contribution is -0.202. The van der Waals surface area contributed by atoms with Gasteiger partial charge in [0.25, 0.3) is 0 Å². The van der Waals surface area contributed by atoms with E-state index in [0.29, 0.717) is 5.23 Å². The summed E-state index contributed by atoms with van der Waals surface area (Å²) in [5.41, 5.74) is -0.573. The summed E-state index contributed by atoms with van der Waals surface area (Å²) >= 11 is 0. The molecule has 56 valence electrons. The summed E-state index contributed by atoms with van der Waals surface area (Å²) in [4.78, 5) is 4.75. The van der Waals surface area contributed by atoms with E-state index in [-0.39, 0.29) is 0 Å². The molecule has 0 rings (SSSR count). The zero-order valence-corrected chi connectivity index (χ0v) is 6.26. The summed E-state index contributed by atoms with van der Waals surface area (Å²) in [5, 5.41) is 13.5. The molecule has 0 aliphatic rings. The van der Waals surface area contributed by atoms with Crippen molar-refractivity contribution in [2.24, 2.45) is 0 Å². The van der Waals surface area contributed by atoms with Crippen molar-refractivity contribution < 1.29 is 4.84 Å². The number of hydrogen-bond acceptors (Lipinski definition) is 4. The van der Waals surface area contributed by atoms with Gasteiger partial charge in [-0.25, -0.2) is 0 Å². The third-order valence-electron chi connectivity index (χ3n) is 0.959. The first-order chi connectivity index (χ1) is 3.98. The topological polar surface area (TPSA) is 47.6 Å². The van der Waals surface area contributed by atoms with Crippen LogP contribution in [-0.2, 0) is 4.84 Å². The van der Waals surface area contributed by atoms with E-state index in [1.807, 2.05) is 0 Å². The summed E-state index contributed by atoms with van der Waals surface area (Å²) in [6.45, 7) is 3.53. The molecule has 0 aromatic carbocycles. The Kier molecular flexibility index (Phi) is 3.07. The van der Waals surface area contributed by atoms with Crippen molar-refractivity contribution in [2.45, 2.75) is 19.6 Å². The highest BCUT2D eigenvalue weighted by Gasteiger charge is 2.14. The van der Waals surface area contributed by atoms with Gasteiger partial charge in [-0.2, -0.15) is 0 Å². The number of hydroxylamine groups is 2. The smallest absolute Gasteiger partial charge is 0.133 e. The predicted octanol–water partition coefficient (Wildman–Crippen LogP) is 0.303. The summed E-state index contributed by atoms with van der Waals surface area (Å²) in [5.74, 6) is 0. The molecular formula is C5H13N2O2-. The molecule has 0 aliphatic heterocycles. The van der Waals surface area contributed by atoms with E-state index in [0.717, 1.165) is 0 Å². The van der Waals surface area contributed by atoms with Crippen molar-refractivity contribution in [2.75, 3.05) is 14.1 Å². The molecule has 0 aromatic heterocycles. The lowest BCUT2D eigenvalue weighted by atomic mass is 10.3. The highest BCUT2D eigenvalue weighted by molar-refractivity contribution is 4.59. The van der Waals surface area contributed by atoms with Crippen LogP contribution in [0.2, 0.25) is 0 Å². The maximum atomic E-state index is 10.3. The van der Waals surface area contributed by atoms with Crippen molar-refractivity contribution in [1.29, 1.82) is 0 Å². The molecular weight excluding hydrogens is 120 g/mol. The predicted molar refractivity (Wildman–Crippen MR) is 35.4 cm³/mol. The van der Waals surface area contributed by atoms with E-state index in [4.69, 9.17) is 4.84 Å². The Hall–Kier alpha value is -0.160. The Morgan fingerprint density at radius 3 is 2.11 bits per heavy atom. The van der Waals surface area contributed by atoms with Crippen molar-refractivity contribution in [3.63, 3.8) is 0 Å². The second kappa shape index (κ2) is 3.12. The van der Waals surface area contributed by atoms with Crippen LogP contribution < -0.4 is 5.32 Å². The molecule has 4 heteroatoms. The van der Waals surface area contributed by atoms with Crippen LogP contribution >= 0.6 is 0 Å². The minimum absolute atomic E-state index is 0.427. The van der Waals surface area contributed by atoms with Gasteiger partial charge in [0.05, 0.1) is 0 Å². The molecule has 0 aromatic rings. The first-order valence-electron chi connectivity index (χ1n) is 2.77. The fraction of sp³-hybridized carbons (Fsp3) is 1.00. The third kappa shape index (κ3) is 4.35. The van der Waals surface area contributed by atoms with Gasteiger partial charge in [0.1, 0.15) is 5.72 Å². The number of rotatable bonds is 3. The molecule has 0 spiro atoms. The van der Waals surface area contributed by atoms with Gasteiger partial charge >= 0.3 is 0 Å². The van der Waals surface area contributed by atoms with Crippen molar-refractivity contribution >= 4 is 0 Å². The second-order valence-electron chi connectivity index (χ2n) is 2.29. The molecule has 0 heterocycles. The molecule has 4 nitrogen and oxygen atoms in total.